The average molecular weight is 999 g/mol. The van der Waals surface area contributed by atoms with Gasteiger partial charge in [-0.2, -0.15) is 0 Å². The van der Waals surface area contributed by atoms with Gasteiger partial charge < -0.3 is 13.9 Å². The molecule has 0 unspecified atom stereocenters. The lowest BCUT2D eigenvalue weighted by Gasteiger charge is -2.43. The predicted molar refractivity (Wildman–Crippen MR) is 328 cm³/mol. The zero-order valence-electron chi connectivity index (χ0n) is 44.5. The number of anilines is 3. The van der Waals surface area contributed by atoms with Crippen molar-refractivity contribution < 1.29 is 4.42 Å². The minimum Gasteiger partial charge on any atom is -0.456 e. The van der Waals surface area contributed by atoms with Crippen molar-refractivity contribution >= 4 is 83.9 Å². The van der Waals surface area contributed by atoms with Crippen LogP contribution in [0.2, 0.25) is 0 Å². The molecule has 0 amide bonds. The van der Waals surface area contributed by atoms with Crippen molar-refractivity contribution in [1.82, 2.24) is 4.57 Å². The second kappa shape index (κ2) is 16.4. The van der Waals surface area contributed by atoms with Crippen LogP contribution in [-0.2, 0) is 10.8 Å². The van der Waals surface area contributed by atoms with Gasteiger partial charge in [0.2, 0.25) is 0 Å². The lowest BCUT2D eigenvalue weighted by Crippen LogP contribution is -2.60. The number of aromatic nitrogens is 1. The van der Waals surface area contributed by atoms with Gasteiger partial charge in [0, 0.05) is 49.7 Å². The van der Waals surface area contributed by atoms with Crippen LogP contribution in [-0.4, -0.2) is 11.3 Å². The molecule has 2 aromatic heterocycles. The fraction of sp³-hybridized carbons (Fsp3) is 0.108. The van der Waals surface area contributed by atoms with Gasteiger partial charge in [0.05, 0.1) is 22.1 Å². The lowest BCUT2D eigenvalue weighted by atomic mass is 9.33. The first-order valence-electron chi connectivity index (χ1n) is 27.7. The van der Waals surface area contributed by atoms with E-state index in [0.29, 0.717) is 0 Å². The van der Waals surface area contributed by atoms with Gasteiger partial charge in [-0.05, 0) is 132 Å². The van der Waals surface area contributed by atoms with E-state index in [4.69, 9.17) is 4.42 Å². The highest BCUT2D eigenvalue weighted by Gasteiger charge is 2.51. The largest absolute Gasteiger partial charge is 0.456 e. The van der Waals surface area contributed by atoms with E-state index in [1.807, 2.05) is 0 Å². The van der Waals surface area contributed by atoms with E-state index < -0.39 is 5.41 Å². The molecule has 16 rings (SSSR count). The molecule has 370 valence electrons. The minimum absolute atomic E-state index is 0.131. The topological polar surface area (TPSA) is 21.3 Å². The number of nitrogens with zero attached hydrogens (tertiary/aromatic N) is 2. The Labute approximate surface area is 455 Å². The predicted octanol–water partition coefficient (Wildman–Crippen LogP) is 17.4. The summed E-state index contributed by atoms with van der Waals surface area (Å²) < 4.78 is 9.67. The standard InChI is InChI=1S/C74H55BN2O/c1-45(2)48-38-64-70-65(39-48)77(71-55(46-24-10-6-11-25-46)40-51(73(3,4)5)41-56(71)47-26-12-7-13-27-47)63-42-57-52-32-20-23-37-66(52)78-67(57)44-60(63)75(70)61-43-59-68(69-54-34-19-22-36-62(54)76(64)72(61)69)53-33-18-21-35-58(53)74(59,49-28-14-8-15-29-49)50-30-16-9-17-31-50/h6-45H,1-5H3. The molecule has 0 saturated heterocycles. The summed E-state index contributed by atoms with van der Waals surface area (Å²) in [5.41, 5.74) is 27.2. The third-order valence-corrected chi connectivity index (χ3v) is 17.7. The molecule has 1 aliphatic carbocycles. The van der Waals surface area contributed by atoms with Crippen LogP contribution in [0.15, 0.2) is 241 Å². The first kappa shape index (κ1) is 45.1. The maximum Gasteiger partial charge on any atom is 0.252 e. The lowest BCUT2D eigenvalue weighted by molar-refractivity contribution is 0.591. The van der Waals surface area contributed by atoms with E-state index in [1.165, 1.54) is 122 Å². The Morgan fingerprint density at radius 2 is 1.05 bits per heavy atom. The third kappa shape index (κ3) is 6.12. The van der Waals surface area contributed by atoms with Gasteiger partial charge in [0.25, 0.3) is 6.71 Å². The van der Waals surface area contributed by atoms with Gasteiger partial charge in [-0.1, -0.05) is 223 Å². The Morgan fingerprint density at radius 1 is 0.474 bits per heavy atom. The number of furan rings is 1. The molecular weight excluding hydrogens is 944 g/mol. The number of rotatable bonds is 6. The SMILES string of the molecule is CC(C)c1cc2c3c(c1)-n1c4ccccc4c4c5c(cc(c41)B3c1cc3oc4ccccc4c3cc1N2c1c(-c2ccccc2)cc(C(C)(C)C)cc1-c1ccccc1)C(c1ccccc1)(c1ccccc1)c1ccccc1-5. The number of fused-ring (bicyclic) bond motifs is 14. The molecule has 0 spiro atoms. The fourth-order valence-corrected chi connectivity index (χ4v) is 14.3. The molecule has 11 aromatic carbocycles. The summed E-state index contributed by atoms with van der Waals surface area (Å²) in [6.45, 7) is 11.6. The summed E-state index contributed by atoms with van der Waals surface area (Å²) in [5, 5.41) is 4.80. The van der Waals surface area contributed by atoms with E-state index in [-0.39, 0.29) is 18.0 Å². The molecular formula is C74H55BN2O. The van der Waals surface area contributed by atoms with Crippen molar-refractivity contribution in [2.24, 2.45) is 0 Å². The van der Waals surface area contributed by atoms with Gasteiger partial charge in [0.1, 0.15) is 11.2 Å². The Bertz CT molecular complexity index is 4520. The molecule has 78 heavy (non-hydrogen) atoms. The Morgan fingerprint density at radius 3 is 1.71 bits per heavy atom. The molecule has 4 heterocycles. The van der Waals surface area contributed by atoms with Crippen LogP contribution in [0.25, 0.3) is 82.8 Å². The van der Waals surface area contributed by atoms with Gasteiger partial charge in [0.15, 0.2) is 0 Å². The Balaban J connectivity index is 1.12. The second-order valence-corrected chi connectivity index (χ2v) is 23.3. The minimum atomic E-state index is -0.608. The summed E-state index contributed by atoms with van der Waals surface area (Å²) >= 11 is 0. The van der Waals surface area contributed by atoms with E-state index in [0.717, 1.165) is 27.6 Å². The van der Waals surface area contributed by atoms with E-state index in [1.54, 1.807) is 0 Å². The number of hydrogen-bond donors (Lipinski definition) is 0. The number of hydrogen-bond acceptors (Lipinski definition) is 2. The molecule has 0 atom stereocenters. The Hall–Kier alpha value is -9.12. The first-order chi connectivity index (χ1) is 38.2. The quantitative estimate of drug-likeness (QED) is 0.155. The summed E-state index contributed by atoms with van der Waals surface area (Å²) in [6.07, 6.45) is 0. The second-order valence-electron chi connectivity index (χ2n) is 23.3. The van der Waals surface area contributed by atoms with Crippen molar-refractivity contribution in [1.29, 1.82) is 0 Å². The first-order valence-corrected chi connectivity index (χ1v) is 27.7. The highest BCUT2D eigenvalue weighted by Crippen LogP contribution is 2.60. The summed E-state index contributed by atoms with van der Waals surface area (Å²) in [4.78, 5) is 2.68. The van der Waals surface area contributed by atoms with Crippen molar-refractivity contribution in [3.63, 3.8) is 0 Å². The van der Waals surface area contributed by atoms with Crippen LogP contribution in [0.1, 0.15) is 73.9 Å². The molecule has 0 saturated carbocycles. The molecule has 13 aromatic rings. The van der Waals surface area contributed by atoms with Gasteiger partial charge in [-0.25, -0.2) is 0 Å². The van der Waals surface area contributed by atoms with Gasteiger partial charge in [-0.3, -0.25) is 0 Å². The highest BCUT2D eigenvalue weighted by molar-refractivity contribution is 7.00. The molecule has 0 bridgehead atoms. The third-order valence-electron chi connectivity index (χ3n) is 17.7. The maximum absolute atomic E-state index is 7.01. The zero-order valence-corrected chi connectivity index (χ0v) is 44.5. The van der Waals surface area contributed by atoms with Crippen LogP contribution in [0, 0.1) is 0 Å². The smallest absolute Gasteiger partial charge is 0.252 e. The Kier molecular flexibility index (Phi) is 9.51. The van der Waals surface area contributed by atoms with Crippen molar-refractivity contribution in [2.75, 3.05) is 4.90 Å². The van der Waals surface area contributed by atoms with E-state index in [9.17, 15) is 0 Å². The normalized spacial score (nSPS) is 13.9. The van der Waals surface area contributed by atoms with Crippen LogP contribution in [0.3, 0.4) is 0 Å². The summed E-state index contributed by atoms with van der Waals surface area (Å²) in [6, 6.07) is 89.5. The monoisotopic (exact) mass is 998 g/mol. The average Bonchev–Trinajstić information content (AvgIpc) is 3.63. The molecule has 0 N–H and O–H groups in total. The van der Waals surface area contributed by atoms with Crippen LogP contribution in [0.5, 0.6) is 0 Å². The molecule has 0 fully saturated rings. The zero-order chi connectivity index (χ0) is 52.2. The molecule has 4 heteroatoms. The van der Waals surface area contributed by atoms with Crippen molar-refractivity contribution in [3.05, 3.63) is 270 Å². The van der Waals surface area contributed by atoms with Crippen LogP contribution < -0.4 is 21.3 Å². The fourth-order valence-electron chi connectivity index (χ4n) is 14.3. The van der Waals surface area contributed by atoms with E-state index in [2.05, 4.69) is 281 Å². The molecule has 3 aliphatic rings. The maximum atomic E-state index is 7.01. The molecule has 2 aliphatic heterocycles. The summed E-state index contributed by atoms with van der Waals surface area (Å²) in [5.74, 6) is 0.238. The van der Waals surface area contributed by atoms with Crippen molar-refractivity contribution in [2.45, 2.75) is 51.4 Å². The number of benzene rings is 11. The highest BCUT2D eigenvalue weighted by atomic mass is 16.3. The van der Waals surface area contributed by atoms with Gasteiger partial charge in [-0.15, -0.1) is 0 Å². The van der Waals surface area contributed by atoms with E-state index >= 15 is 0 Å². The van der Waals surface area contributed by atoms with Crippen LogP contribution in [0.4, 0.5) is 17.1 Å². The summed E-state index contributed by atoms with van der Waals surface area (Å²) in [7, 11) is 0. The van der Waals surface area contributed by atoms with Gasteiger partial charge >= 0.3 is 0 Å². The van der Waals surface area contributed by atoms with Crippen molar-refractivity contribution in [3.8, 4) is 39.1 Å². The number of para-hydroxylation sites is 2. The molecule has 0 radical (unpaired) electrons. The van der Waals surface area contributed by atoms with Crippen LogP contribution >= 0.6 is 0 Å². The molecule has 3 nitrogen and oxygen atoms in total.